The number of likely N-dealkylation sites (tertiary alicyclic amines) is 1. The summed E-state index contributed by atoms with van der Waals surface area (Å²) in [6.45, 7) is 9.90. The zero-order valence-corrected chi connectivity index (χ0v) is 16.4. The summed E-state index contributed by atoms with van der Waals surface area (Å²) in [7, 11) is 0. The number of benzene rings is 1. The monoisotopic (exact) mass is 369 g/mol. The van der Waals surface area contributed by atoms with Crippen LogP contribution < -0.4 is 15.8 Å². The van der Waals surface area contributed by atoms with Crippen molar-refractivity contribution in [2.45, 2.75) is 39.7 Å². The van der Waals surface area contributed by atoms with Gasteiger partial charge in [-0.05, 0) is 62.9 Å². The highest BCUT2D eigenvalue weighted by Gasteiger charge is 2.32. The molecule has 0 radical (unpaired) electrons. The summed E-state index contributed by atoms with van der Waals surface area (Å²) in [5.74, 6) is 0.978. The number of hydrogen-bond donors (Lipinski definition) is 2. The van der Waals surface area contributed by atoms with Crippen LogP contribution in [0.15, 0.2) is 24.3 Å². The number of nitrogens with zero attached hydrogens (tertiary/aromatic N) is 1. The molecule has 142 valence electrons. The predicted octanol–water partition coefficient (Wildman–Crippen LogP) is 2.23. The Kier molecular flexibility index (Phi) is 8.69. The van der Waals surface area contributed by atoms with E-state index in [4.69, 9.17) is 10.5 Å². The highest BCUT2D eigenvalue weighted by atomic mass is 35.5. The largest absolute Gasteiger partial charge is 0.491 e. The SMILES string of the molecule is CC(C)Oc1ccc(CCNC(=O)CN2CCC(C)(CN)C2)cc1.Cl. The summed E-state index contributed by atoms with van der Waals surface area (Å²) in [6.07, 6.45) is 2.08. The van der Waals surface area contributed by atoms with Gasteiger partial charge in [-0.3, -0.25) is 9.69 Å². The van der Waals surface area contributed by atoms with E-state index < -0.39 is 0 Å². The number of amides is 1. The molecule has 1 aromatic rings. The molecule has 1 aromatic carbocycles. The predicted molar refractivity (Wildman–Crippen MR) is 104 cm³/mol. The molecule has 1 heterocycles. The number of ether oxygens (including phenoxy) is 1. The van der Waals surface area contributed by atoms with Gasteiger partial charge in [0.05, 0.1) is 12.6 Å². The zero-order chi connectivity index (χ0) is 17.6. The number of carbonyl (C=O) groups is 1. The van der Waals surface area contributed by atoms with E-state index in [1.54, 1.807) is 0 Å². The van der Waals surface area contributed by atoms with Crippen molar-refractivity contribution in [3.8, 4) is 5.75 Å². The van der Waals surface area contributed by atoms with Crippen molar-refractivity contribution in [1.82, 2.24) is 10.2 Å². The number of nitrogens with one attached hydrogen (secondary N) is 1. The Labute approximate surface area is 157 Å². The standard InChI is InChI=1S/C19H31N3O2.ClH/c1-15(2)24-17-6-4-16(5-7-17)8-10-21-18(23)12-22-11-9-19(3,13-20)14-22;/h4-7,15H,8-14,20H2,1-3H3,(H,21,23);1H. The first-order valence-corrected chi connectivity index (χ1v) is 8.85. The molecule has 3 N–H and O–H groups in total. The average molecular weight is 370 g/mol. The Hall–Kier alpha value is -1.30. The fourth-order valence-electron chi connectivity index (χ4n) is 3.04. The molecule has 1 amide bonds. The van der Waals surface area contributed by atoms with E-state index in [1.807, 2.05) is 26.0 Å². The van der Waals surface area contributed by atoms with E-state index in [-0.39, 0.29) is 29.8 Å². The molecule has 0 spiro atoms. The lowest BCUT2D eigenvalue weighted by Crippen LogP contribution is -2.38. The van der Waals surface area contributed by atoms with Gasteiger partial charge in [-0.15, -0.1) is 12.4 Å². The van der Waals surface area contributed by atoms with Crippen molar-refractivity contribution >= 4 is 18.3 Å². The molecule has 6 heteroatoms. The van der Waals surface area contributed by atoms with Crippen LogP contribution in [0, 0.1) is 5.41 Å². The summed E-state index contributed by atoms with van der Waals surface area (Å²) >= 11 is 0. The highest BCUT2D eigenvalue weighted by molar-refractivity contribution is 5.85. The summed E-state index contributed by atoms with van der Waals surface area (Å²) in [5.41, 5.74) is 7.17. The first-order valence-electron chi connectivity index (χ1n) is 8.85. The van der Waals surface area contributed by atoms with Gasteiger partial charge in [0.1, 0.15) is 5.75 Å². The van der Waals surface area contributed by atoms with Gasteiger partial charge in [0, 0.05) is 13.1 Å². The van der Waals surface area contributed by atoms with E-state index >= 15 is 0 Å². The van der Waals surface area contributed by atoms with Gasteiger partial charge in [-0.1, -0.05) is 19.1 Å². The summed E-state index contributed by atoms with van der Waals surface area (Å²) in [6, 6.07) is 8.07. The van der Waals surface area contributed by atoms with E-state index in [0.717, 1.165) is 31.7 Å². The zero-order valence-electron chi connectivity index (χ0n) is 15.6. The van der Waals surface area contributed by atoms with Crippen molar-refractivity contribution in [1.29, 1.82) is 0 Å². The molecule has 25 heavy (non-hydrogen) atoms. The van der Waals surface area contributed by atoms with Crippen molar-refractivity contribution in [2.24, 2.45) is 11.1 Å². The Morgan fingerprint density at radius 3 is 2.60 bits per heavy atom. The molecule has 0 bridgehead atoms. The number of hydrogen-bond acceptors (Lipinski definition) is 4. The smallest absolute Gasteiger partial charge is 0.234 e. The average Bonchev–Trinajstić information content (AvgIpc) is 2.90. The second-order valence-electron chi connectivity index (χ2n) is 7.39. The molecule has 1 fully saturated rings. The van der Waals surface area contributed by atoms with Gasteiger partial charge < -0.3 is 15.8 Å². The summed E-state index contributed by atoms with van der Waals surface area (Å²) in [5, 5.41) is 3.01. The van der Waals surface area contributed by atoms with Crippen molar-refractivity contribution in [3.63, 3.8) is 0 Å². The van der Waals surface area contributed by atoms with Gasteiger partial charge in [0.25, 0.3) is 0 Å². The van der Waals surface area contributed by atoms with Gasteiger partial charge in [0.15, 0.2) is 0 Å². The molecule has 1 aliphatic heterocycles. The molecule has 0 aromatic heterocycles. The van der Waals surface area contributed by atoms with Crippen molar-refractivity contribution < 1.29 is 9.53 Å². The Morgan fingerprint density at radius 1 is 1.36 bits per heavy atom. The minimum atomic E-state index is 0. The lowest BCUT2D eigenvalue weighted by atomic mass is 9.90. The topological polar surface area (TPSA) is 67.6 Å². The first-order chi connectivity index (χ1) is 11.4. The summed E-state index contributed by atoms with van der Waals surface area (Å²) < 4.78 is 5.63. The van der Waals surface area contributed by atoms with E-state index in [9.17, 15) is 4.79 Å². The van der Waals surface area contributed by atoms with Gasteiger partial charge in [0.2, 0.25) is 5.91 Å². The van der Waals surface area contributed by atoms with Crippen LogP contribution >= 0.6 is 12.4 Å². The van der Waals surface area contributed by atoms with E-state index in [0.29, 0.717) is 19.6 Å². The minimum absolute atomic E-state index is 0. The first kappa shape index (κ1) is 21.7. The number of carbonyl (C=O) groups excluding carboxylic acids is 1. The third-order valence-corrected chi connectivity index (χ3v) is 4.53. The van der Waals surface area contributed by atoms with Gasteiger partial charge >= 0.3 is 0 Å². The molecular weight excluding hydrogens is 338 g/mol. The number of halogens is 1. The lowest BCUT2D eigenvalue weighted by molar-refractivity contribution is -0.122. The fraction of sp³-hybridized carbons (Fsp3) is 0.632. The second kappa shape index (κ2) is 10.00. The van der Waals surface area contributed by atoms with Crippen LogP contribution in [-0.2, 0) is 11.2 Å². The maximum atomic E-state index is 12.1. The van der Waals surface area contributed by atoms with Crippen LogP contribution in [0.4, 0.5) is 0 Å². The lowest BCUT2D eigenvalue weighted by Gasteiger charge is -2.22. The Balaban J connectivity index is 0.00000312. The van der Waals surface area contributed by atoms with Crippen LogP contribution in [-0.4, -0.2) is 49.6 Å². The van der Waals surface area contributed by atoms with Crippen LogP contribution in [0.25, 0.3) is 0 Å². The number of rotatable bonds is 8. The maximum absolute atomic E-state index is 12.1. The van der Waals surface area contributed by atoms with Crippen LogP contribution in [0.2, 0.25) is 0 Å². The highest BCUT2D eigenvalue weighted by Crippen LogP contribution is 2.27. The molecule has 1 saturated heterocycles. The Morgan fingerprint density at radius 2 is 2.04 bits per heavy atom. The summed E-state index contributed by atoms with van der Waals surface area (Å²) in [4.78, 5) is 14.3. The Bertz CT molecular complexity index is 536. The molecule has 5 nitrogen and oxygen atoms in total. The molecular formula is C19H32ClN3O2. The third kappa shape index (κ3) is 7.22. The van der Waals surface area contributed by atoms with Crippen LogP contribution in [0.3, 0.4) is 0 Å². The molecule has 0 saturated carbocycles. The molecule has 1 atom stereocenters. The van der Waals surface area contributed by atoms with Gasteiger partial charge in [-0.25, -0.2) is 0 Å². The van der Waals surface area contributed by atoms with Crippen molar-refractivity contribution in [3.05, 3.63) is 29.8 Å². The molecule has 1 unspecified atom stereocenters. The van der Waals surface area contributed by atoms with Crippen LogP contribution in [0.1, 0.15) is 32.8 Å². The molecule has 0 aliphatic carbocycles. The van der Waals surface area contributed by atoms with E-state index in [2.05, 4.69) is 29.3 Å². The quantitative estimate of drug-likeness (QED) is 0.737. The third-order valence-electron chi connectivity index (χ3n) is 4.53. The molecule has 1 aliphatic rings. The number of nitrogens with two attached hydrogens (primary N) is 1. The molecule has 2 rings (SSSR count). The van der Waals surface area contributed by atoms with Crippen molar-refractivity contribution in [2.75, 3.05) is 32.7 Å². The fourth-order valence-corrected chi connectivity index (χ4v) is 3.04. The van der Waals surface area contributed by atoms with Crippen LogP contribution in [0.5, 0.6) is 5.75 Å². The maximum Gasteiger partial charge on any atom is 0.234 e. The van der Waals surface area contributed by atoms with E-state index in [1.165, 1.54) is 5.56 Å². The normalized spacial score (nSPS) is 20.4. The van der Waals surface area contributed by atoms with Gasteiger partial charge in [-0.2, -0.15) is 0 Å². The minimum Gasteiger partial charge on any atom is -0.491 e. The second-order valence-corrected chi connectivity index (χ2v) is 7.39.